The molecule has 0 aromatic carbocycles. The molecule has 108 valence electrons. The van der Waals surface area contributed by atoms with E-state index in [1.165, 1.54) is 19.3 Å². The van der Waals surface area contributed by atoms with Crippen LogP contribution >= 0.6 is 0 Å². The number of fused-ring (bicyclic) bond motifs is 2. The molecule has 20 heavy (non-hydrogen) atoms. The smallest absolute Gasteiger partial charge is 0.0827 e. The van der Waals surface area contributed by atoms with Crippen LogP contribution in [0, 0.1) is 12.3 Å². The molecular weight excluding hydrogens is 252 g/mol. The number of aryl methyl sites for hydroxylation is 2. The molecule has 0 atom stereocenters. The first kappa shape index (κ1) is 16.1. The maximum atomic E-state index is 7.89. The maximum Gasteiger partial charge on any atom is 0.0827 e. The van der Waals surface area contributed by atoms with Gasteiger partial charge < -0.3 is 0 Å². The second-order valence-electron chi connectivity index (χ2n) is 4.75. The highest BCUT2D eigenvalue weighted by atomic mass is 15.4. The Hall–Kier alpha value is -1.99. The van der Waals surface area contributed by atoms with Crippen LogP contribution in [-0.2, 0) is 13.0 Å². The fourth-order valence-corrected chi connectivity index (χ4v) is 1.95. The highest BCUT2D eigenvalue weighted by molar-refractivity contribution is 4.92. The fraction of sp³-hybridized carbons (Fsp3) is 0.714. The zero-order valence-electron chi connectivity index (χ0n) is 11.9. The Morgan fingerprint density at radius 2 is 2.25 bits per heavy atom. The molecule has 1 aliphatic heterocycles. The molecule has 1 aromatic heterocycles. The highest BCUT2D eigenvalue weighted by Gasteiger charge is 2.03. The molecule has 2 bridgehead atoms. The van der Waals surface area contributed by atoms with Crippen molar-refractivity contribution in [3.63, 3.8) is 0 Å². The highest BCUT2D eigenvalue weighted by Crippen LogP contribution is 2.08. The number of hydrogen-bond acceptors (Lipinski definition) is 3. The van der Waals surface area contributed by atoms with E-state index in [9.17, 15) is 0 Å². The molecule has 1 aromatic rings. The van der Waals surface area contributed by atoms with Gasteiger partial charge in [-0.1, -0.05) is 23.2 Å². The quantitative estimate of drug-likeness (QED) is 0.271. The number of azide groups is 1. The fourth-order valence-electron chi connectivity index (χ4n) is 1.95. The summed E-state index contributed by atoms with van der Waals surface area (Å²) in [6.07, 6.45) is 15.9. The molecule has 0 unspecified atom stereocenters. The van der Waals surface area contributed by atoms with Gasteiger partial charge in [0.15, 0.2) is 0 Å². The van der Waals surface area contributed by atoms with Crippen molar-refractivity contribution in [1.82, 2.24) is 15.0 Å². The number of terminal acetylenes is 1. The van der Waals surface area contributed by atoms with Crippen molar-refractivity contribution in [2.75, 3.05) is 6.54 Å². The second-order valence-corrected chi connectivity index (χ2v) is 4.75. The van der Waals surface area contributed by atoms with E-state index in [0.717, 1.165) is 44.3 Å². The lowest BCUT2D eigenvalue weighted by atomic mass is 10.1. The van der Waals surface area contributed by atoms with E-state index in [0.29, 0.717) is 6.54 Å². The van der Waals surface area contributed by atoms with Crippen molar-refractivity contribution in [3.8, 4) is 12.3 Å². The average Bonchev–Trinajstić information content (AvgIpc) is 2.91. The molecule has 2 heterocycles. The van der Waals surface area contributed by atoms with E-state index in [4.69, 9.17) is 12.0 Å². The van der Waals surface area contributed by atoms with Gasteiger partial charge in [-0.15, -0.1) is 17.4 Å². The van der Waals surface area contributed by atoms with Crippen LogP contribution < -0.4 is 0 Å². The molecular formula is C14H22N6. The minimum Gasteiger partial charge on any atom is -0.252 e. The summed E-state index contributed by atoms with van der Waals surface area (Å²) in [5.74, 6) is 2.56. The summed E-state index contributed by atoms with van der Waals surface area (Å²) in [5, 5.41) is 11.4. The first-order valence-electron chi connectivity index (χ1n) is 7.20. The van der Waals surface area contributed by atoms with Crippen LogP contribution in [-0.4, -0.2) is 21.5 Å². The average molecular weight is 274 g/mol. The topological polar surface area (TPSA) is 79.5 Å². The molecule has 0 saturated heterocycles. The summed E-state index contributed by atoms with van der Waals surface area (Å²) in [6, 6.07) is 0. The van der Waals surface area contributed by atoms with Crippen molar-refractivity contribution in [2.24, 2.45) is 5.11 Å². The molecule has 0 spiro atoms. The van der Waals surface area contributed by atoms with Crippen LogP contribution in [0.2, 0.25) is 0 Å². The lowest BCUT2D eigenvalue weighted by Gasteiger charge is -2.01. The monoisotopic (exact) mass is 274 g/mol. The summed E-state index contributed by atoms with van der Waals surface area (Å²) in [6.45, 7) is 1.65. The molecule has 0 N–H and O–H groups in total. The van der Waals surface area contributed by atoms with Gasteiger partial charge in [0.2, 0.25) is 0 Å². The zero-order chi connectivity index (χ0) is 14.5. The lowest BCUT2D eigenvalue weighted by molar-refractivity contribution is 0.530. The van der Waals surface area contributed by atoms with Gasteiger partial charge in [0, 0.05) is 30.6 Å². The first-order valence-corrected chi connectivity index (χ1v) is 7.20. The van der Waals surface area contributed by atoms with Gasteiger partial charge in [0.25, 0.3) is 0 Å². The molecule has 6 heteroatoms. The van der Waals surface area contributed by atoms with E-state index in [1.54, 1.807) is 0 Å². The number of aromatic nitrogens is 3. The molecule has 0 aliphatic carbocycles. The minimum absolute atomic E-state index is 0.598. The third-order valence-corrected chi connectivity index (χ3v) is 3.05. The van der Waals surface area contributed by atoms with Gasteiger partial charge in [-0.25, -0.2) is 0 Å². The summed E-state index contributed by atoms with van der Waals surface area (Å²) in [7, 11) is 0. The molecule has 0 saturated carbocycles. The predicted molar refractivity (Wildman–Crippen MR) is 78.9 cm³/mol. The van der Waals surface area contributed by atoms with Crippen LogP contribution in [0.5, 0.6) is 0 Å². The minimum atomic E-state index is 0.598. The van der Waals surface area contributed by atoms with Gasteiger partial charge in [-0.3, -0.25) is 4.68 Å². The van der Waals surface area contributed by atoms with Gasteiger partial charge in [0.1, 0.15) is 0 Å². The van der Waals surface area contributed by atoms with Gasteiger partial charge in [-0.2, -0.15) is 0 Å². The molecule has 0 fully saturated rings. The molecule has 0 radical (unpaired) electrons. The number of hydrogen-bond donors (Lipinski definition) is 0. The predicted octanol–water partition coefficient (Wildman–Crippen LogP) is 3.49. The van der Waals surface area contributed by atoms with Crippen molar-refractivity contribution in [1.29, 1.82) is 0 Å². The van der Waals surface area contributed by atoms with Crippen LogP contribution in [0.4, 0.5) is 0 Å². The Kier molecular flexibility index (Phi) is 8.75. The van der Waals surface area contributed by atoms with Gasteiger partial charge in [0.05, 0.1) is 5.69 Å². The van der Waals surface area contributed by atoms with E-state index in [2.05, 4.69) is 32.5 Å². The van der Waals surface area contributed by atoms with Crippen LogP contribution in [0.25, 0.3) is 10.4 Å². The van der Waals surface area contributed by atoms with E-state index in [-0.39, 0.29) is 0 Å². The normalized spacial score (nSPS) is 12.9. The number of unbranched alkanes of at least 4 members (excludes halogenated alkanes) is 3. The third kappa shape index (κ3) is 7.45. The Labute approximate surface area is 120 Å². The van der Waals surface area contributed by atoms with E-state index >= 15 is 0 Å². The standard InChI is InChI=1S/2C7H11N3/c1-2-4-7-6-10(5-3-1)9-8-7;1-2-3-4-5-6-7-9-10-8/h6H,1-5H2;1H,3-7H2. The maximum absolute atomic E-state index is 7.89. The Bertz CT molecular complexity index is 432. The van der Waals surface area contributed by atoms with Crippen molar-refractivity contribution < 1.29 is 0 Å². The Morgan fingerprint density at radius 3 is 3.05 bits per heavy atom. The molecule has 6 nitrogen and oxygen atoms in total. The SMILES string of the molecule is C#CCCCCCN=[N+]=[N-].c1c2nnn1CCCCC2. The van der Waals surface area contributed by atoms with Crippen LogP contribution in [0.3, 0.4) is 0 Å². The third-order valence-electron chi connectivity index (χ3n) is 3.05. The number of nitrogens with zero attached hydrogens (tertiary/aromatic N) is 6. The number of rotatable bonds is 5. The van der Waals surface area contributed by atoms with Crippen molar-refractivity contribution >= 4 is 0 Å². The summed E-state index contributed by atoms with van der Waals surface area (Å²) in [4.78, 5) is 2.64. The van der Waals surface area contributed by atoms with Crippen molar-refractivity contribution in [3.05, 3.63) is 22.3 Å². The largest absolute Gasteiger partial charge is 0.252 e. The summed E-state index contributed by atoms with van der Waals surface area (Å²) >= 11 is 0. The zero-order valence-corrected chi connectivity index (χ0v) is 11.9. The van der Waals surface area contributed by atoms with Gasteiger partial charge in [-0.05, 0) is 37.6 Å². The first-order chi connectivity index (χ1) is 9.86. The molecule has 0 amide bonds. The van der Waals surface area contributed by atoms with Gasteiger partial charge >= 0.3 is 0 Å². The lowest BCUT2D eigenvalue weighted by Crippen LogP contribution is -2.00. The summed E-state index contributed by atoms with van der Waals surface area (Å²) < 4.78 is 1.94. The van der Waals surface area contributed by atoms with Crippen molar-refractivity contribution in [2.45, 2.75) is 57.9 Å². The van der Waals surface area contributed by atoms with E-state index in [1.807, 2.05) is 4.68 Å². The Balaban J connectivity index is 0.000000200. The Morgan fingerprint density at radius 1 is 1.35 bits per heavy atom. The second kappa shape index (κ2) is 10.9. The van der Waals surface area contributed by atoms with E-state index < -0.39 is 0 Å². The van der Waals surface area contributed by atoms with Crippen LogP contribution in [0.15, 0.2) is 11.3 Å². The molecule has 1 aliphatic rings. The summed E-state index contributed by atoms with van der Waals surface area (Å²) in [5.41, 5.74) is 9.05. The van der Waals surface area contributed by atoms with Crippen LogP contribution in [0.1, 0.15) is 50.6 Å². The molecule has 2 rings (SSSR count).